The Labute approximate surface area is 176 Å². The first-order valence-corrected chi connectivity index (χ1v) is 9.98. The predicted molar refractivity (Wildman–Crippen MR) is 117 cm³/mol. The van der Waals surface area contributed by atoms with E-state index in [9.17, 15) is 9.59 Å². The summed E-state index contributed by atoms with van der Waals surface area (Å²) in [5, 5.41) is 8.50. The van der Waals surface area contributed by atoms with Gasteiger partial charge < -0.3 is 4.90 Å². The van der Waals surface area contributed by atoms with E-state index < -0.39 is 6.04 Å². The van der Waals surface area contributed by atoms with Gasteiger partial charge in [-0.2, -0.15) is 0 Å². The van der Waals surface area contributed by atoms with E-state index in [0.717, 1.165) is 34.5 Å². The SMILES string of the molecule is CC1N=C(c2ccccc2)c2cc(C#CCCCCC(=O)NO)ccc2N(C)C1=O. The number of hydrogen-bond donors (Lipinski definition) is 2. The van der Waals surface area contributed by atoms with Crippen LogP contribution in [-0.4, -0.2) is 35.8 Å². The van der Waals surface area contributed by atoms with Crippen molar-refractivity contribution in [3.8, 4) is 11.8 Å². The minimum Gasteiger partial charge on any atom is -0.313 e. The third kappa shape index (κ3) is 4.94. The van der Waals surface area contributed by atoms with E-state index >= 15 is 0 Å². The van der Waals surface area contributed by atoms with Crippen molar-refractivity contribution in [1.82, 2.24) is 5.48 Å². The minimum atomic E-state index is -0.469. The highest BCUT2D eigenvalue weighted by molar-refractivity contribution is 6.20. The molecule has 1 aliphatic rings. The Bertz CT molecular complexity index is 1020. The summed E-state index contributed by atoms with van der Waals surface area (Å²) in [6, 6.07) is 15.2. The zero-order valence-electron chi connectivity index (χ0n) is 17.2. The minimum absolute atomic E-state index is 0.0482. The van der Waals surface area contributed by atoms with Crippen molar-refractivity contribution < 1.29 is 14.8 Å². The molecule has 1 atom stereocenters. The van der Waals surface area contributed by atoms with Crippen molar-refractivity contribution in [1.29, 1.82) is 0 Å². The first-order chi connectivity index (χ1) is 14.5. The summed E-state index contributed by atoms with van der Waals surface area (Å²) in [6.45, 7) is 1.81. The number of rotatable bonds is 5. The lowest BCUT2D eigenvalue weighted by atomic mass is 9.98. The lowest BCUT2D eigenvalue weighted by Gasteiger charge is -2.19. The van der Waals surface area contributed by atoms with Crippen molar-refractivity contribution in [2.45, 2.75) is 38.6 Å². The van der Waals surface area contributed by atoms with Crippen LogP contribution in [0.5, 0.6) is 0 Å². The molecule has 0 aliphatic carbocycles. The molecule has 1 heterocycles. The van der Waals surface area contributed by atoms with Crippen LogP contribution in [-0.2, 0) is 9.59 Å². The second-order valence-electron chi connectivity index (χ2n) is 7.19. The van der Waals surface area contributed by atoms with Gasteiger partial charge in [-0.15, -0.1) is 0 Å². The molecule has 3 rings (SSSR count). The zero-order chi connectivity index (χ0) is 21.5. The molecule has 0 spiro atoms. The Morgan fingerprint density at radius 2 is 1.97 bits per heavy atom. The number of nitrogens with one attached hydrogen (secondary N) is 1. The maximum absolute atomic E-state index is 12.7. The van der Waals surface area contributed by atoms with E-state index in [1.54, 1.807) is 17.4 Å². The number of benzene rings is 2. The van der Waals surface area contributed by atoms with Crippen LogP contribution in [0.2, 0.25) is 0 Å². The summed E-state index contributed by atoms with van der Waals surface area (Å²) < 4.78 is 0. The first-order valence-electron chi connectivity index (χ1n) is 9.98. The number of unbranched alkanes of at least 4 members (excludes halogenated alkanes) is 2. The summed E-state index contributed by atoms with van der Waals surface area (Å²) in [6.07, 6.45) is 2.38. The van der Waals surface area contributed by atoms with Gasteiger partial charge in [0.15, 0.2) is 0 Å². The Kier molecular flexibility index (Phi) is 6.99. The third-order valence-electron chi connectivity index (χ3n) is 4.98. The van der Waals surface area contributed by atoms with E-state index in [1.165, 1.54) is 0 Å². The van der Waals surface area contributed by atoms with Crippen molar-refractivity contribution in [2.24, 2.45) is 4.99 Å². The molecule has 0 aromatic heterocycles. The number of benzodiazepines with no additional fused rings is 1. The summed E-state index contributed by atoms with van der Waals surface area (Å²) in [5.41, 5.74) is 5.92. The van der Waals surface area contributed by atoms with Gasteiger partial charge in [0.05, 0.1) is 11.4 Å². The van der Waals surface area contributed by atoms with Crippen molar-refractivity contribution in [3.63, 3.8) is 0 Å². The van der Waals surface area contributed by atoms with Gasteiger partial charge >= 0.3 is 0 Å². The maximum atomic E-state index is 12.7. The van der Waals surface area contributed by atoms with Gasteiger partial charge in [-0.3, -0.25) is 19.8 Å². The number of fused-ring (bicyclic) bond motifs is 1. The van der Waals surface area contributed by atoms with Gasteiger partial charge in [-0.05, 0) is 38.0 Å². The number of anilines is 1. The number of aliphatic imine (C=N–C) groups is 1. The molecule has 0 fully saturated rings. The van der Waals surface area contributed by atoms with Gasteiger partial charge in [0.2, 0.25) is 5.91 Å². The molecule has 6 heteroatoms. The number of nitrogens with zero attached hydrogens (tertiary/aromatic N) is 2. The molecule has 0 saturated carbocycles. The number of likely N-dealkylation sites (N-methyl/N-ethyl adjacent to an activating group) is 1. The normalized spacial score (nSPS) is 15.4. The van der Waals surface area contributed by atoms with Crippen LogP contribution in [0.3, 0.4) is 0 Å². The Morgan fingerprint density at radius 3 is 2.70 bits per heavy atom. The number of hydroxylamine groups is 1. The van der Waals surface area contributed by atoms with Gasteiger partial charge in [-0.25, -0.2) is 5.48 Å². The van der Waals surface area contributed by atoms with Crippen LogP contribution in [0.4, 0.5) is 5.69 Å². The fraction of sp³-hybridized carbons (Fsp3) is 0.292. The molecule has 2 aromatic rings. The topological polar surface area (TPSA) is 82.0 Å². The fourth-order valence-corrected chi connectivity index (χ4v) is 3.36. The fourth-order valence-electron chi connectivity index (χ4n) is 3.36. The predicted octanol–water partition coefficient (Wildman–Crippen LogP) is 3.31. The standard InChI is InChI=1S/C24H25N3O3/c1-17-24(29)27(2)21-15-14-18(10-6-3-4-9-13-22(28)26-30)16-20(21)23(25-17)19-11-7-5-8-12-19/h5,7-8,11-12,14-17,30H,3-4,9,13H2,1-2H3,(H,26,28). The quantitative estimate of drug-likeness (QED) is 0.348. The highest BCUT2D eigenvalue weighted by Crippen LogP contribution is 2.28. The van der Waals surface area contributed by atoms with Gasteiger partial charge in [0.1, 0.15) is 6.04 Å². The van der Waals surface area contributed by atoms with Crippen LogP contribution < -0.4 is 10.4 Å². The van der Waals surface area contributed by atoms with Crippen LogP contribution in [0.15, 0.2) is 53.5 Å². The Morgan fingerprint density at radius 1 is 1.20 bits per heavy atom. The lowest BCUT2D eigenvalue weighted by Crippen LogP contribution is -2.32. The molecule has 2 aromatic carbocycles. The van der Waals surface area contributed by atoms with Crippen LogP contribution in [0.1, 0.15) is 49.3 Å². The summed E-state index contributed by atoms with van der Waals surface area (Å²) in [4.78, 5) is 30.1. The number of hydrogen-bond acceptors (Lipinski definition) is 4. The average Bonchev–Trinajstić information content (AvgIpc) is 2.87. The molecular weight excluding hydrogens is 378 g/mol. The van der Waals surface area contributed by atoms with Crippen molar-refractivity contribution >= 4 is 23.2 Å². The summed E-state index contributed by atoms with van der Waals surface area (Å²) in [5.74, 6) is 5.87. The highest BCUT2D eigenvalue weighted by atomic mass is 16.5. The van der Waals surface area contributed by atoms with Crippen molar-refractivity contribution in [3.05, 3.63) is 65.2 Å². The second kappa shape index (κ2) is 9.86. The molecule has 154 valence electrons. The van der Waals surface area contributed by atoms with E-state index in [4.69, 9.17) is 10.2 Å². The monoisotopic (exact) mass is 403 g/mol. The highest BCUT2D eigenvalue weighted by Gasteiger charge is 2.27. The maximum Gasteiger partial charge on any atom is 0.251 e. The molecule has 0 saturated heterocycles. The molecule has 30 heavy (non-hydrogen) atoms. The molecule has 0 radical (unpaired) electrons. The Balaban J connectivity index is 1.87. The largest absolute Gasteiger partial charge is 0.313 e. The lowest BCUT2D eigenvalue weighted by molar-refractivity contribution is -0.129. The Hall–Kier alpha value is -3.43. The molecule has 2 amide bonds. The molecule has 6 nitrogen and oxygen atoms in total. The third-order valence-corrected chi connectivity index (χ3v) is 4.98. The van der Waals surface area contributed by atoms with Crippen LogP contribution in [0, 0.1) is 11.8 Å². The molecular formula is C24H25N3O3. The smallest absolute Gasteiger partial charge is 0.251 e. The summed E-state index contributed by atoms with van der Waals surface area (Å²) >= 11 is 0. The van der Waals surface area contributed by atoms with Crippen LogP contribution >= 0.6 is 0 Å². The van der Waals surface area contributed by atoms with E-state index in [-0.39, 0.29) is 18.2 Å². The number of carbonyl (C=O) groups is 2. The van der Waals surface area contributed by atoms with E-state index in [0.29, 0.717) is 12.8 Å². The van der Waals surface area contributed by atoms with Crippen LogP contribution in [0.25, 0.3) is 0 Å². The summed E-state index contributed by atoms with van der Waals surface area (Å²) in [7, 11) is 1.77. The molecule has 2 N–H and O–H groups in total. The van der Waals surface area contributed by atoms with Gasteiger partial charge in [-0.1, -0.05) is 42.2 Å². The molecule has 1 unspecified atom stereocenters. The van der Waals surface area contributed by atoms with E-state index in [2.05, 4.69) is 11.8 Å². The van der Waals surface area contributed by atoms with Gasteiger partial charge in [0.25, 0.3) is 5.91 Å². The molecule has 0 bridgehead atoms. The number of amides is 2. The first kappa shape index (κ1) is 21.3. The second-order valence-corrected chi connectivity index (χ2v) is 7.19. The number of carbonyl (C=O) groups excluding carboxylic acids is 2. The van der Waals surface area contributed by atoms with Crippen molar-refractivity contribution in [2.75, 3.05) is 11.9 Å². The van der Waals surface area contributed by atoms with Gasteiger partial charge in [0, 0.05) is 36.6 Å². The van der Waals surface area contributed by atoms with E-state index in [1.807, 2.05) is 55.5 Å². The molecule has 1 aliphatic heterocycles. The average molecular weight is 403 g/mol. The zero-order valence-corrected chi connectivity index (χ0v) is 17.2.